The van der Waals surface area contributed by atoms with Gasteiger partial charge in [-0.1, -0.05) is 67.0 Å². The minimum atomic E-state index is 0.151. The van der Waals surface area contributed by atoms with Gasteiger partial charge in [-0.3, -0.25) is 4.79 Å². The molecule has 5 saturated carbocycles. The largest absolute Gasteiger partial charge is 0.299 e. The van der Waals surface area contributed by atoms with Crippen molar-refractivity contribution in [2.45, 2.75) is 113 Å². The maximum absolute atomic E-state index is 14.2. The molecule has 0 aromatic carbocycles. The fourth-order valence-corrected chi connectivity index (χ4v) is 11.1. The first-order valence-electron chi connectivity index (χ1n) is 13.5. The van der Waals surface area contributed by atoms with Crippen molar-refractivity contribution < 1.29 is 4.79 Å². The first kappa shape index (κ1) is 22.2. The average Bonchev–Trinajstić information content (AvgIpc) is 2.67. The maximum Gasteiger partial charge on any atom is 0.137 e. The molecule has 1 nitrogen and oxygen atoms in total. The smallest absolute Gasteiger partial charge is 0.137 e. The van der Waals surface area contributed by atoms with E-state index in [-0.39, 0.29) is 11.3 Å². The van der Waals surface area contributed by atoms with E-state index in [0.717, 1.165) is 12.3 Å². The summed E-state index contributed by atoms with van der Waals surface area (Å²) >= 11 is 0. The van der Waals surface area contributed by atoms with Crippen molar-refractivity contribution in [3.63, 3.8) is 0 Å². The van der Waals surface area contributed by atoms with Crippen molar-refractivity contribution in [1.29, 1.82) is 0 Å². The van der Waals surface area contributed by atoms with E-state index < -0.39 is 0 Å². The van der Waals surface area contributed by atoms with Crippen molar-refractivity contribution in [2.75, 3.05) is 0 Å². The van der Waals surface area contributed by atoms with Crippen molar-refractivity contribution in [3.8, 4) is 0 Å². The third kappa shape index (κ3) is 2.64. The van der Waals surface area contributed by atoms with Crippen LogP contribution >= 0.6 is 0 Å². The predicted octanol–water partition coefficient (Wildman–Crippen LogP) is 8.23. The Morgan fingerprint density at radius 1 is 0.839 bits per heavy atom. The molecule has 0 aromatic rings. The third-order valence-electron chi connectivity index (χ3n) is 13.1. The summed E-state index contributed by atoms with van der Waals surface area (Å²) in [4.78, 5) is 14.2. The standard InChI is InChI=1S/C30H48O/c1-19-10-14-27(5)16-17-30(8)25(24(27)20(19)2)21(31)18-23-28(6)13-9-12-26(3,4)22(28)11-15-29(23,30)7/h20,22-25H,1,9-18H2,2-8H3/t20-,22-,23+,24-,25-,27+,28-,29+,30+/m0/s1. The topological polar surface area (TPSA) is 17.1 Å². The summed E-state index contributed by atoms with van der Waals surface area (Å²) in [5.74, 6) is 3.23. The molecule has 5 rings (SSSR count). The monoisotopic (exact) mass is 424 g/mol. The fourth-order valence-electron chi connectivity index (χ4n) is 11.1. The van der Waals surface area contributed by atoms with Gasteiger partial charge < -0.3 is 0 Å². The number of carbonyl (C=O) groups is 1. The molecule has 0 heterocycles. The highest BCUT2D eigenvalue weighted by molar-refractivity contribution is 5.84. The Labute approximate surface area is 192 Å². The highest BCUT2D eigenvalue weighted by Crippen LogP contribution is 2.76. The van der Waals surface area contributed by atoms with Crippen LogP contribution in [0.4, 0.5) is 0 Å². The van der Waals surface area contributed by atoms with Gasteiger partial charge in [0.15, 0.2) is 0 Å². The number of fused-ring (bicyclic) bond motifs is 7. The second kappa shape index (κ2) is 6.50. The van der Waals surface area contributed by atoms with Gasteiger partial charge in [-0.25, -0.2) is 0 Å². The molecule has 5 aliphatic carbocycles. The number of hydrogen-bond acceptors (Lipinski definition) is 1. The molecule has 0 N–H and O–H groups in total. The number of hydrogen-bond donors (Lipinski definition) is 0. The molecule has 0 spiro atoms. The van der Waals surface area contributed by atoms with Crippen LogP contribution in [0.15, 0.2) is 12.2 Å². The summed E-state index contributed by atoms with van der Waals surface area (Å²) in [5.41, 5.74) is 2.95. The summed E-state index contributed by atoms with van der Waals surface area (Å²) in [6, 6.07) is 0. The average molecular weight is 425 g/mol. The Bertz CT molecular complexity index is 807. The Morgan fingerprint density at radius 2 is 1.55 bits per heavy atom. The van der Waals surface area contributed by atoms with Crippen LogP contribution in [-0.2, 0) is 4.79 Å². The molecule has 0 unspecified atom stereocenters. The Morgan fingerprint density at radius 3 is 2.26 bits per heavy atom. The van der Waals surface area contributed by atoms with E-state index in [9.17, 15) is 4.79 Å². The molecule has 5 aliphatic rings. The zero-order chi connectivity index (χ0) is 22.6. The van der Waals surface area contributed by atoms with E-state index in [1.54, 1.807) is 0 Å². The van der Waals surface area contributed by atoms with Gasteiger partial charge >= 0.3 is 0 Å². The number of Topliss-reactive ketones (excluding diaryl/α,β-unsaturated/α-hetero) is 1. The van der Waals surface area contributed by atoms with Crippen molar-refractivity contribution in [1.82, 2.24) is 0 Å². The number of rotatable bonds is 0. The van der Waals surface area contributed by atoms with Crippen LogP contribution in [0.2, 0.25) is 0 Å². The molecule has 0 aliphatic heterocycles. The Kier molecular flexibility index (Phi) is 4.66. The number of carbonyl (C=O) groups excluding carboxylic acids is 1. The van der Waals surface area contributed by atoms with Gasteiger partial charge in [0.2, 0.25) is 0 Å². The lowest BCUT2D eigenvalue weighted by Gasteiger charge is -2.72. The normalized spacial score (nSPS) is 56.2. The van der Waals surface area contributed by atoms with Gasteiger partial charge in [0.05, 0.1) is 0 Å². The Balaban J connectivity index is 1.60. The molecule has 1 heteroatoms. The van der Waals surface area contributed by atoms with Gasteiger partial charge in [0, 0.05) is 12.3 Å². The first-order valence-corrected chi connectivity index (χ1v) is 13.5. The third-order valence-corrected chi connectivity index (χ3v) is 13.1. The van der Waals surface area contributed by atoms with Crippen LogP contribution in [0.1, 0.15) is 113 Å². The van der Waals surface area contributed by atoms with Gasteiger partial charge in [-0.05, 0) is 102 Å². The highest BCUT2D eigenvalue weighted by atomic mass is 16.1. The molecule has 0 amide bonds. The lowest BCUT2D eigenvalue weighted by molar-refractivity contribution is -0.233. The van der Waals surface area contributed by atoms with Crippen molar-refractivity contribution >= 4 is 5.78 Å². The molecule has 5 fully saturated rings. The summed E-state index contributed by atoms with van der Waals surface area (Å²) in [6.07, 6.45) is 12.6. The van der Waals surface area contributed by atoms with E-state index in [1.165, 1.54) is 63.4 Å². The van der Waals surface area contributed by atoms with Crippen molar-refractivity contribution in [2.24, 2.45) is 56.7 Å². The molecular formula is C30H48O. The maximum atomic E-state index is 14.2. The van der Waals surface area contributed by atoms with Crippen LogP contribution < -0.4 is 0 Å². The van der Waals surface area contributed by atoms with Crippen LogP contribution in [0.5, 0.6) is 0 Å². The first-order chi connectivity index (χ1) is 14.3. The summed E-state index contributed by atoms with van der Waals surface area (Å²) in [6.45, 7) is 22.3. The molecule has 0 radical (unpaired) electrons. The molecular weight excluding hydrogens is 376 g/mol. The van der Waals surface area contributed by atoms with E-state index >= 15 is 0 Å². The van der Waals surface area contributed by atoms with E-state index in [1.807, 2.05) is 0 Å². The second-order valence-electron chi connectivity index (χ2n) is 14.6. The molecule has 0 bridgehead atoms. The lowest BCUT2D eigenvalue weighted by Crippen LogP contribution is -2.68. The van der Waals surface area contributed by atoms with Crippen molar-refractivity contribution in [3.05, 3.63) is 12.2 Å². The summed E-state index contributed by atoms with van der Waals surface area (Å²) in [7, 11) is 0. The van der Waals surface area contributed by atoms with Crippen LogP contribution in [-0.4, -0.2) is 5.78 Å². The molecule has 31 heavy (non-hydrogen) atoms. The molecule has 174 valence electrons. The van der Waals surface area contributed by atoms with Crippen LogP contribution in [0.3, 0.4) is 0 Å². The zero-order valence-corrected chi connectivity index (χ0v) is 21.6. The number of ketones is 1. The predicted molar refractivity (Wildman–Crippen MR) is 130 cm³/mol. The van der Waals surface area contributed by atoms with E-state index in [0.29, 0.717) is 45.2 Å². The lowest BCUT2D eigenvalue weighted by atomic mass is 9.31. The van der Waals surface area contributed by atoms with Gasteiger partial charge in [-0.2, -0.15) is 0 Å². The number of allylic oxidation sites excluding steroid dienone is 1. The zero-order valence-electron chi connectivity index (χ0n) is 21.6. The SMILES string of the molecule is C=C1CC[C@]2(C)CC[C@]3(C)[C@@H](C(=O)C[C@@H]4[C@@]5(C)CCCC(C)(C)[C@@H]5CC[C@]43C)[C@@H]2[C@H]1C. The second-order valence-corrected chi connectivity index (χ2v) is 14.6. The van der Waals surface area contributed by atoms with Gasteiger partial charge in [0.1, 0.15) is 5.78 Å². The quantitative estimate of drug-likeness (QED) is 0.358. The molecule has 0 saturated heterocycles. The Hall–Kier alpha value is -0.590. The summed E-state index contributed by atoms with van der Waals surface area (Å²) < 4.78 is 0. The van der Waals surface area contributed by atoms with Gasteiger partial charge in [0.25, 0.3) is 0 Å². The summed E-state index contributed by atoms with van der Waals surface area (Å²) in [5, 5.41) is 0. The van der Waals surface area contributed by atoms with E-state index in [2.05, 4.69) is 55.0 Å². The minimum Gasteiger partial charge on any atom is -0.299 e. The van der Waals surface area contributed by atoms with Crippen LogP contribution in [0, 0.1) is 56.7 Å². The van der Waals surface area contributed by atoms with Crippen LogP contribution in [0.25, 0.3) is 0 Å². The minimum absolute atomic E-state index is 0.151. The molecule has 9 atom stereocenters. The highest BCUT2D eigenvalue weighted by Gasteiger charge is 2.71. The fraction of sp³-hybridized carbons (Fsp3) is 0.900. The molecule has 0 aromatic heterocycles. The van der Waals surface area contributed by atoms with E-state index in [4.69, 9.17) is 0 Å². The van der Waals surface area contributed by atoms with Gasteiger partial charge in [-0.15, -0.1) is 0 Å².